The average molecular weight is 200 g/mol. The largest absolute Gasteiger partial charge is 0.508 e. The number of rotatable bonds is 3. The maximum absolute atomic E-state index is 9.50. The van der Waals surface area contributed by atoms with Crippen molar-refractivity contribution < 1.29 is 5.11 Å². The first kappa shape index (κ1) is 10.2. The third kappa shape index (κ3) is 2.52. The third-order valence-electron chi connectivity index (χ3n) is 2.00. The van der Waals surface area contributed by atoms with Crippen LogP contribution in [-0.4, -0.2) is 5.11 Å². The van der Waals surface area contributed by atoms with Gasteiger partial charge in [0.2, 0.25) is 0 Å². The minimum absolute atomic E-state index is 0.246. The zero-order valence-electron chi connectivity index (χ0n) is 7.68. The van der Waals surface area contributed by atoms with Crippen molar-refractivity contribution in [1.29, 1.82) is 0 Å². The molecule has 0 bridgehead atoms. The molecular weight excluding hydrogens is 186 g/mol. The number of benzene rings is 1. The van der Waals surface area contributed by atoms with Gasteiger partial charge in [-0.05, 0) is 24.5 Å². The van der Waals surface area contributed by atoms with Crippen molar-refractivity contribution in [2.45, 2.75) is 26.2 Å². The number of unbranched alkanes of at least 4 members (excludes halogenated alkanes) is 1. The molecule has 1 rings (SSSR count). The fourth-order valence-electron chi connectivity index (χ4n) is 1.19. The summed E-state index contributed by atoms with van der Waals surface area (Å²) in [6.07, 6.45) is 3.00. The van der Waals surface area contributed by atoms with Gasteiger partial charge < -0.3 is 10.8 Å². The highest BCUT2D eigenvalue weighted by Crippen LogP contribution is 2.28. The lowest BCUT2D eigenvalue weighted by molar-refractivity contribution is 0.467. The van der Waals surface area contributed by atoms with Crippen LogP contribution in [0.2, 0.25) is 5.02 Å². The minimum Gasteiger partial charge on any atom is -0.508 e. The van der Waals surface area contributed by atoms with E-state index in [1.165, 1.54) is 6.07 Å². The monoisotopic (exact) mass is 199 g/mol. The number of aromatic hydroxyl groups is 1. The van der Waals surface area contributed by atoms with E-state index in [1.807, 2.05) is 0 Å². The lowest BCUT2D eigenvalue weighted by atomic mass is 10.1. The Hall–Kier alpha value is -0.890. The number of anilines is 1. The lowest BCUT2D eigenvalue weighted by Gasteiger charge is -2.06. The molecule has 1 aromatic rings. The van der Waals surface area contributed by atoms with Crippen LogP contribution in [0.1, 0.15) is 25.3 Å². The summed E-state index contributed by atoms with van der Waals surface area (Å²) in [7, 11) is 0. The summed E-state index contributed by atoms with van der Waals surface area (Å²) >= 11 is 5.83. The van der Waals surface area contributed by atoms with Crippen LogP contribution < -0.4 is 5.73 Å². The Morgan fingerprint density at radius 1 is 1.46 bits per heavy atom. The molecule has 0 saturated heterocycles. The topological polar surface area (TPSA) is 46.2 Å². The molecule has 0 aliphatic carbocycles. The smallest absolute Gasteiger partial charge is 0.120 e. The van der Waals surface area contributed by atoms with Gasteiger partial charge in [0.15, 0.2) is 0 Å². The molecule has 2 nitrogen and oxygen atoms in total. The van der Waals surface area contributed by atoms with Crippen LogP contribution in [0.25, 0.3) is 0 Å². The quantitative estimate of drug-likeness (QED) is 0.736. The van der Waals surface area contributed by atoms with Gasteiger partial charge >= 0.3 is 0 Å². The zero-order valence-corrected chi connectivity index (χ0v) is 8.43. The summed E-state index contributed by atoms with van der Waals surface area (Å²) < 4.78 is 0. The number of aryl methyl sites for hydroxylation is 1. The van der Waals surface area contributed by atoms with Crippen LogP contribution >= 0.6 is 11.6 Å². The number of halogens is 1. The van der Waals surface area contributed by atoms with Crippen molar-refractivity contribution in [3.05, 3.63) is 22.7 Å². The lowest BCUT2D eigenvalue weighted by Crippen LogP contribution is -1.91. The molecule has 0 saturated carbocycles. The first-order valence-electron chi connectivity index (χ1n) is 4.42. The highest BCUT2D eigenvalue weighted by Gasteiger charge is 2.04. The fourth-order valence-corrected chi connectivity index (χ4v) is 1.37. The predicted octanol–water partition coefficient (Wildman–Crippen LogP) is 2.97. The molecule has 0 aliphatic heterocycles. The molecule has 0 heterocycles. The maximum Gasteiger partial charge on any atom is 0.120 e. The van der Waals surface area contributed by atoms with Gasteiger partial charge in [-0.15, -0.1) is 0 Å². The molecule has 0 spiro atoms. The predicted molar refractivity (Wildman–Crippen MR) is 56.1 cm³/mol. The summed E-state index contributed by atoms with van der Waals surface area (Å²) in [5.74, 6) is 0.246. The Bertz CT molecular complexity index is 299. The van der Waals surface area contributed by atoms with Gasteiger partial charge in [-0.25, -0.2) is 0 Å². The Morgan fingerprint density at radius 3 is 2.77 bits per heavy atom. The Balaban J connectivity index is 2.88. The molecule has 0 radical (unpaired) electrons. The second-order valence-corrected chi connectivity index (χ2v) is 3.51. The average Bonchev–Trinajstić information content (AvgIpc) is 2.09. The zero-order chi connectivity index (χ0) is 9.84. The number of nitrogens with two attached hydrogens (primary N) is 1. The standard InChI is InChI=1S/C10H14ClNO/c1-2-3-4-7-5-8(11)9(12)6-10(7)13/h5-6,13H,2-4,12H2,1H3. The Morgan fingerprint density at radius 2 is 2.15 bits per heavy atom. The van der Waals surface area contributed by atoms with Crippen LogP contribution in [0.4, 0.5) is 5.69 Å². The van der Waals surface area contributed by atoms with E-state index >= 15 is 0 Å². The van der Waals surface area contributed by atoms with Crippen molar-refractivity contribution in [2.24, 2.45) is 0 Å². The highest BCUT2D eigenvalue weighted by atomic mass is 35.5. The molecule has 0 unspecified atom stereocenters. The molecule has 0 atom stereocenters. The molecule has 0 amide bonds. The molecule has 72 valence electrons. The van der Waals surface area contributed by atoms with Crippen LogP contribution in [0.5, 0.6) is 5.75 Å². The number of hydrogen-bond acceptors (Lipinski definition) is 2. The molecular formula is C10H14ClNO. The Kier molecular flexibility index (Phi) is 3.43. The van der Waals surface area contributed by atoms with Crippen LogP contribution in [0.15, 0.2) is 12.1 Å². The molecule has 13 heavy (non-hydrogen) atoms. The highest BCUT2D eigenvalue weighted by molar-refractivity contribution is 6.33. The summed E-state index contributed by atoms with van der Waals surface area (Å²) in [6.45, 7) is 2.11. The van der Waals surface area contributed by atoms with E-state index in [-0.39, 0.29) is 5.75 Å². The van der Waals surface area contributed by atoms with Crippen molar-refractivity contribution >= 4 is 17.3 Å². The number of hydrogen-bond donors (Lipinski definition) is 2. The summed E-state index contributed by atoms with van der Waals surface area (Å²) in [5, 5.41) is 10.0. The van der Waals surface area contributed by atoms with E-state index in [1.54, 1.807) is 6.07 Å². The molecule has 0 aromatic heterocycles. The minimum atomic E-state index is 0.246. The number of phenols is 1. The molecule has 0 aliphatic rings. The van der Waals surface area contributed by atoms with E-state index in [0.29, 0.717) is 10.7 Å². The number of phenolic OH excluding ortho intramolecular Hbond substituents is 1. The van der Waals surface area contributed by atoms with Gasteiger partial charge in [0, 0.05) is 6.07 Å². The first-order chi connectivity index (χ1) is 6.15. The van der Waals surface area contributed by atoms with Gasteiger partial charge in [-0.2, -0.15) is 0 Å². The van der Waals surface area contributed by atoms with Crippen LogP contribution in [0.3, 0.4) is 0 Å². The van der Waals surface area contributed by atoms with Gasteiger partial charge in [0.05, 0.1) is 10.7 Å². The first-order valence-corrected chi connectivity index (χ1v) is 4.79. The second-order valence-electron chi connectivity index (χ2n) is 3.11. The molecule has 3 heteroatoms. The van der Waals surface area contributed by atoms with Crippen molar-refractivity contribution in [3.8, 4) is 5.75 Å². The van der Waals surface area contributed by atoms with Crippen molar-refractivity contribution in [1.82, 2.24) is 0 Å². The fraction of sp³-hybridized carbons (Fsp3) is 0.400. The molecule has 0 fully saturated rings. The van der Waals surface area contributed by atoms with E-state index in [0.717, 1.165) is 24.8 Å². The van der Waals surface area contributed by atoms with Crippen LogP contribution in [0, 0.1) is 0 Å². The maximum atomic E-state index is 9.50. The van der Waals surface area contributed by atoms with E-state index in [2.05, 4.69) is 6.92 Å². The summed E-state index contributed by atoms with van der Waals surface area (Å²) in [6, 6.07) is 3.25. The second kappa shape index (κ2) is 4.38. The normalized spacial score (nSPS) is 10.3. The molecule has 1 aromatic carbocycles. The van der Waals surface area contributed by atoms with Crippen LogP contribution in [-0.2, 0) is 6.42 Å². The SMILES string of the molecule is CCCCc1cc(Cl)c(N)cc1O. The van der Waals surface area contributed by atoms with Gasteiger partial charge in [0.1, 0.15) is 5.75 Å². The van der Waals surface area contributed by atoms with E-state index in [4.69, 9.17) is 17.3 Å². The van der Waals surface area contributed by atoms with Gasteiger partial charge in [0.25, 0.3) is 0 Å². The van der Waals surface area contributed by atoms with E-state index in [9.17, 15) is 5.11 Å². The van der Waals surface area contributed by atoms with Crippen molar-refractivity contribution in [3.63, 3.8) is 0 Å². The number of nitrogen functional groups attached to an aromatic ring is 1. The summed E-state index contributed by atoms with van der Waals surface area (Å²) in [4.78, 5) is 0. The molecule has 3 N–H and O–H groups in total. The van der Waals surface area contributed by atoms with Crippen molar-refractivity contribution in [2.75, 3.05) is 5.73 Å². The van der Waals surface area contributed by atoms with Gasteiger partial charge in [-0.1, -0.05) is 24.9 Å². The van der Waals surface area contributed by atoms with E-state index < -0.39 is 0 Å². The summed E-state index contributed by atoms with van der Waals surface area (Å²) in [5.41, 5.74) is 6.83. The van der Waals surface area contributed by atoms with Gasteiger partial charge in [-0.3, -0.25) is 0 Å². The third-order valence-corrected chi connectivity index (χ3v) is 2.32. The Labute approximate surface area is 83.3 Å².